The van der Waals surface area contributed by atoms with Gasteiger partial charge in [0, 0.05) is 36.0 Å². The summed E-state index contributed by atoms with van der Waals surface area (Å²) in [6, 6.07) is 0. The number of aliphatic hydroxyl groups excluding tert-OH is 1. The molecule has 4 aliphatic rings. The fourth-order valence-electron chi connectivity index (χ4n) is 8.66. The standard InChI is InChI=1S/C25H37FO5/c1-6-21(30)31-25(15(3)27)14(2)11-19-18-8-7-16-12-17(28)9-10-22(16,4)24(18,26)20(29)13-23(19,25)5/h14,16,18-20,29H,6-13H2,1-5H3/t14-,16-,18+,19+,20+,22+,23+,24+,25+/m1/s1. The van der Waals surface area contributed by atoms with Gasteiger partial charge in [-0.25, -0.2) is 4.39 Å². The summed E-state index contributed by atoms with van der Waals surface area (Å²) in [4.78, 5) is 37.6. The Kier molecular flexibility index (Phi) is 5.24. The van der Waals surface area contributed by atoms with Gasteiger partial charge in [-0.3, -0.25) is 14.4 Å². The van der Waals surface area contributed by atoms with Gasteiger partial charge in [-0.1, -0.05) is 27.7 Å². The lowest BCUT2D eigenvalue weighted by Gasteiger charge is -2.65. The molecule has 0 bridgehead atoms. The summed E-state index contributed by atoms with van der Waals surface area (Å²) in [6.07, 6.45) is 2.14. The summed E-state index contributed by atoms with van der Waals surface area (Å²) >= 11 is 0. The normalized spacial score (nSPS) is 51.5. The second-order valence-corrected chi connectivity index (χ2v) is 11.3. The van der Waals surface area contributed by atoms with E-state index in [0.29, 0.717) is 32.1 Å². The Labute approximate surface area is 184 Å². The van der Waals surface area contributed by atoms with Crippen molar-refractivity contribution in [3.05, 3.63) is 0 Å². The van der Waals surface area contributed by atoms with Crippen molar-refractivity contribution in [2.24, 2.45) is 34.5 Å². The predicted octanol–water partition coefficient (Wildman–Crippen LogP) is 4.19. The van der Waals surface area contributed by atoms with Crippen molar-refractivity contribution in [2.45, 2.75) is 103 Å². The van der Waals surface area contributed by atoms with Crippen LogP contribution in [-0.4, -0.2) is 40.0 Å². The van der Waals surface area contributed by atoms with E-state index in [0.717, 1.165) is 6.42 Å². The zero-order valence-electron chi connectivity index (χ0n) is 19.5. The smallest absolute Gasteiger partial charge is 0.306 e. The minimum absolute atomic E-state index is 0.0525. The molecule has 0 spiro atoms. The molecule has 4 saturated carbocycles. The summed E-state index contributed by atoms with van der Waals surface area (Å²) < 4.78 is 23.2. The van der Waals surface area contributed by atoms with Gasteiger partial charge in [-0.15, -0.1) is 0 Å². The van der Waals surface area contributed by atoms with E-state index in [2.05, 4.69) is 0 Å². The number of halogens is 1. The van der Waals surface area contributed by atoms with Gasteiger partial charge in [0.15, 0.2) is 11.4 Å². The maximum atomic E-state index is 17.2. The van der Waals surface area contributed by atoms with E-state index < -0.39 is 40.1 Å². The molecule has 6 heteroatoms. The number of fused-ring (bicyclic) bond motifs is 5. The second-order valence-electron chi connectivity index (χ2n) is 11.3. The SMILES string of the molecule is CCC(=O)O[C@]1(C(C)=O)[C@H](C)C[C@H]2[C@@H]3CC[C@@H]4CC(=O)CC[C@]4(C)[C@@]3(F)[C@@H](O)C[C@@]21C. The zero-order chi connectivity index (χ0) is 23.0. The van der Waals surface area contributed by atoms with E-state index in [-0.39, 0.29) is 42.2 Å². The Bertz CT molecular complexity index is 812. The molecule has 0 amide bonds. The van der Waals surface area contributed by atoms with Gasteiger partial charge in [0.05, 0.1) is 6.10 Å². The first-order valence-electron chi connectivity index (χ1n) is 12.0. The summed E-state index contributed by atoms with van der Waals surface area (Å²) in [7, 11) is 0. The molecule has 0 aromatic rings. The molecule has 0 saturated heterocycles. The van der Waals surface area contributed by atoms with E-state index in [4.69, 9.17) is 4.74 Å². The molecule has 0 heterocycles. The molecule has 4 fully saturated rings. The summed E-state index contributed by atoms with van der Waals surface area (Å²) in [5, 5.41) is 11.4. The number of rotatable bonds is 3. The van der Waals surface area contributed by atoms with Crippen molar-refractivity contribution >= 4 is 17.5 Å². The van der Waals surface area contributed by atoms with Gasteiger partial charge >= 0.3 is 5.97 Å². The van der Waals surface area contributed by atoms with Crippen LogP contribution < -0.4 is 0 Å². The Hall–Kier alpha value is -1.30. The van der Waals surface area contributed by atoms with Gasteiger partial charge in [0.2, 0.25) is 0 Å². The molecule has 0 unspecified atom stereocenters. The molecule has 4 rings (SSSR count). The molecule has 1 N–H and O–H groups in total. The monoisotopic (exact) mass is 436 g/mol. The second kappa shape index (κ2) is 7.10. The fourth-order valence-corrected chi connectivity index (χ4v) is 8.66. The van der Waals surface area contributed by atoms with Gasteiger partial charge < -0.3 is 9.84 Å². The van der Waals surface area contributed by atoms with E-state index in [1.807, 2.05) is 20.8 Å². The van der Waals surface area contributed by atoms with E-state index in [1.165, 1.54) is 6.92 Å². The van der Waals surface area contributed by atoms with Crippen LogP contribution >= 0.6 is 0 Å². The van der Waals surface area contributed by atoms with Gasteiger partial charge in [0.25, 0.3) is 0 Å². The van der Waals surface area contributed by atoms with Crippen LogP contribution in [0.2, 0.25) is 0 Å². The molecule has 0 aromatic heterocycles. The number of Topliss-reactive ketones (excluding diaryl/α,β-unsaturated/α-hetero) is 2. The van der Waals surface area contributed by atoms with Crippen molar-refractivity contribution in [3.63, 3.8) is 0 Å². The van der Waals surface area contributed by atoms with E-state index >= 15 is 4.39 Å². The number of alkyl halides is 1. The molecule has 0 radical (unpaired) electrons. The average molecular weight is 437 g/mol. The van der Waals surface area contributed by atoms with Crippen LogP contribution in [0.4, 0.5) is 4.39 Å². The predicted molar refractivity (Wildman–Crippen MR) is 113 cm³/mol. The van der Waals surface area contributed by atoms with Crippen molar-refractivity contribution in [1.29, 1.82) is 0 Å². The highest BCUT2D eigenvalue weighted by Crippen LogP contribution is 2.72. The lowest BCUT2D eigenvalue weighted by molar-refractivity contribution is -0.257. The van der Waals surface area contributed by atoms with Crippen LogP contribution in [0.15, 0.2) is 0 Å². The van der Waals surface area contributed by atoms with Crippen LogP contribution in [-0.2, 0) is 19.1 Å². The summed E-state index contributed by atoms with van der Waals surface area (Å²) in [6.45, 7) is 8.93. The fraction of sp³-hybridized carbons (Fsp3) is 0.880. The largest absolute Gasteiger partial charge is 0.450 e. The lowest BCUT2D eigenvalue weighted by Crippen LogP contribution is -2.71. The average Bonchev–Trinajstić information content (AvgIpc) is 2.91. The first-order valence-corrected chi connectivity index (χ1v) is 12.0. The van der Waals surface area contributed by atoms with Crippen molar-refractivity contribution in [2.75, 3.05) is 0 Å². The lowest BCUT2D eigenvalue weighted by atomic mass is 9.42. The maximum absolute atomic E-state index is 17.2. The molecule has 4 aliphatic carbocycles. The van der Waals surface area contributed by atoms with Crippen molar-refractivity contribution in [1.82, 2.24) is 0 Å². The number of carbonyl (C=O) groups excluding carboxylic acids is 3. The maximum Gasteiger partial charge on any atom is 0.306 e. The molecular weight excluding hydrogens is 399 g/mol. The van der Waals surface area contributed by atoms with Gasteiger partial charge in [0.1, 0.15) is 11.5 Å². The molecule has 0 aliphatic heterocycles. The summed E-state index contributed by atoms with van der Waals surface area (Å²) in [5.41, 5.74) is -4.72. The van der Waals surface area contributed by atoms with Crippen molar-refractivity contribution < 1.29 is 28.6 Å². The van der Waals surface area contributed by atoms with Crippen molar-refractivity contribution in [3.8, 4) is 0 Å². The third-order valence-electron chi connectivity index (χ3n) is 10.2. The third kappa shape index (κ3) is 2.66. The minimum atomic E-state index is -1.80. The molecular formula is C25H37FO5. The van der Waals surface area contributed by atoms with Crippen LogP contribution in [0.3, 0.4) is 0 Å². The molecule has 0 aromatic carbocycles. The number of ether oxygens (including phenoxy) is 1. The zero-order valence-corrected chi connectivity index (χ0v) is 19.5. The Morgan fingerprint density at radius 3 is 2.48 bits per heavy atom. The van der Waals surface area contributed by atoms with Crippen LogP contribution in [0, 0.1) is 34.5 Å². The highest BCUT2D eigenvalue weighted by Gasteiger charge is 2.77. The third-order valence-corrected chi connectivity index (χ3v) is 10.2. The number of esters is 1. The summed E-state index contributed by atoms with van der Waals surface area (Å²) in [5.74, 6) is -1.34. The van der Waals surface area contributed by atoms with E-state index in [9.17, 15) is 19.5 Å². The first-order chi connectivity index (χ1) is 14.4. The molecule has 5 nitrogen and oxygen atoms in total. The van der Waals surface area contributed by atoms with Crippen LogP contribution in [0.1, 0.15) is 86.0 Å². The Morgan fingerprint density at radius 2 is 1.87 bits per heavy atom. The molecule has 31 heavy (non-hydrogen) atoms. The Morgan fingerprint density at radius 1 is 1.19 bits per heavy atom. The minimum Gasteiger partial charge on any atom is -0.450 e. The quantitative estimate of drug-likeness (QED) is 0.671. The van der Waals surface area contributed by atoms with Gasteiger partial charge in [-0.05, 0) is 56.8 Å². The number of hydrogen-bond donors (Lipinski definition) is 1. The van der Waals surface area contributed by atoms with Crippen LogP contribution in [0.5, 0.6) is 0 Å². The Balaban J connectivity index is 1.80. The number of ketones is 2. The molecule has 9 atom stereocenters. The van der Waals surface area contributed by atoms with Gasteiger partial charge in [-0.2, -0.15) is 0 Å². The first kappa shape index (κ1) is 22.9. The number of carbonyl (C=O) groups is 3. The number of hydrogen-bond acceptors (Lipinski definition) is 5. The van der Waals surface area contributed by atoms with Crippen LogP contribution in [0.25, 0.3) is 0 Å². The molecule has 174 valence electrons. The highest BCUT2D eigenvalue weighted by molar-refractivity contribution is 5.89. The van der Waals surface area contributed by atoms with E-state index in [1.54, 1.807) is 6.92 Å². The highest BCUT2D eigenvalue weighted by atomic mass is 19.1. The topological polar surface area (TPSA) is 80.7 Å². The number of aliphatic hydroxyl groups is 1.